The van der Waals surface area contributed by atoms with Crippen LogP contribution in [0.2, 0.25) is 0 Å². The van der Waals surface area contributed by atoms with Gasteiger partial charge in [0.1, 0.15) is 4.90 Å². The summed E-state index contributed by atoms with van der Waals surface area (Å²) in [6.45, 7) is 0. The third-order valence-corrected chi connectivity index (χ3v) is 4.66. The molecule has 5 nitrogen and oxygen atoms in total. The van der Waals surface area contributed by atoms with Gasteiger partial charge in [-0.05, 0) is 12.1 Å². The van der Waals surface area contributed by atoms with Crippen LogP contribution in [-0.4, -0.2) is 34.3 Å². The molecule has 2 aromatic rings. The zero-order chi connectivity index (χ0) is 13.6. The number of benzene rings is 1. The van der Waals surface area contributed by atoms with Gasteiger partial charge in [0.15, 0.2) is 24.7 Å². The maximum atomic E-state index is 11.6. The summed E-state index contributed by atoms with van der Waals surface area (Å²) >= 11 is 0. The topological polar surface area (TPSA) is 81.2 Å². The van der Waals surface area contributed by atoms with Gasteiger partial charge >= 0.3 is 0 Å². The van der Waals surface area contributed by atoms with Crippen molar-refractivity contribution in [2.75, 3.05) is 12.5 Å². The maximum Gasteiger partial charge on any atom is 0.194 e. The van der Waals surface area contributed by atoms with Gasteiger partial charge in [-0.2, -0.15) is 0 Å². The minimum atomic E-state index is -3.70. The van der Waals surface area contributed by atoms with Gasteiger partial charge in [-0.15, -0.1) is 0 Å². The minimum absolute atomic E-state index is 0.260. The predicted octanol–water partition coefficient (Wildman–Crippen LogP) is 1.04. The quantitative estimate of drug-likeness (QED) is 0.823. The lowest BCUT2D eigenvalue weighted by Crippen LogP contribution is -2.10. The fourth-order valence-corrected chi connectivity index (χ4v) is 3.91. The molecule has 0 amide bonds. The number of nitrogens with zero attached hydrogens (tertiary/aromatic N) is 1. The van der Waals surface area contributed by atoms with E-state index in [-0.39, 0.29) is 4.90 Å². The lowest BCUT2D eigenvalue weighted by atomic mass is 10.2. The molecule has 0 bridgehead atoms. The van der Waals surface area contributed by atoms with Crippen molar-refractivity contribution in [3.05, 3.63) is 30.3 Å². The Hall–Kier alpha value is -1.47. The highest BCUT2D eigenvalue weighted by Crippen LogP contribution is 2.23. The van der Waals surface area contributed by atoms with E-state index in [1.807, 2.05) is 0 Å². The largest absolute Gasteiger partial charge is 0.235 e. The van der Waals surface area contributed by atoms with E-state index in [1.165, 1.54) is 6.07 Å². The normalized spacial score (nSPS) is 12.8. The highest BCUT2D eigenvalue weighted by atomic mass is 32.2. The number of pyridine rings is 1. The Kier molecular flexibility index (Phi) is 2.90. The second-order valence-corrected chi connectivity index (χ2v) is 7.94. The van der Waals surface area contributed by atoms with Crippen molar-refractivity contribution in [3.8, 4) is 0 Å². The van der Waals surface area contributed by atoms with Gasteiger partial charge < -0.3 is 0 Å². The molecule has 0 saturated heterocycles. The molecular formula is C11H11NO4S2. The first-order valence-electron chi connectivity index (χ1n) is 4.99. The van der Waals surface area contributed by atoms with Crippen LogP contribution in [0.15, 0.2) is 40.3 Å². The molecule has 0 aliphatic rings. The molecular weight excluding hydrogens is 274 g/mol. The molecule has 7 heteroatoms. The molecule has 0 saturated carbocycles. The zero-order valence-electron chi connectivity index (χ0n) is 9.78. The summed E-state index contributed by atoms with van der Waals surface area (Å²) in [5, 5.41) is 0.189. The van der Waals surface area contributed by atoms with Crippen molar-refractivity contribution in [3.63, 3.8) is 0 Å². The average Bonchev–Trinajstić information content (AvgIpc) is 2.25. The Morgan fingerprint density at radius 1 is 0.944 bits per heavy atom. The smallest absolute Gasteiger partial charge is 0.194 e. The van der Waals surface area contributed by atoms with E-state index in [0.717, 1.165) is 12.5 Å². The molecule has 0 atom stereocenters. The van der Waals surface area contributed by atoms with E-state index in [0.29, 0.717) is 10.9 Å². The first-order chi connectivity index (χ1) is 8.19. The molecule has 1 aromatic heterocycles. The molecule has 0 aliphatic heterocycles. The van der Waals surface area contributed by atoms with E-state index >= 15 is 0 Å². The minimum Gasteiger partial charge on any atom is -0.235 e. The first kappa shape index (κ1) is 13.0. The fourth-order valence-electron chi connectivity index (χ4n) is 1.61. The lowest BCUT2D eigenvalue weighted by molar-refractivity contribution is 0.585. The predicted molar refractivity (Wildman–Crippen MR) is 68.0 cm³/mol. The van der Waals surface area contributed by atoms with E-state index in [4.69, 9.17) is 0 Å². The van der Waals surface area contributed by atoms with Crippen LogP contribution in [0.3, 0.4) is 0 Å². The standard InChI is InChI=1S/C11H11NO4S2/c1-17(13,14)10-7-8-5-3-4-6-9(8)12-11(10)18(2,15)16/h3-7H,1-2H3. The summed E-state index contributed by atoms with van der Waals surface area (Å²) < 4.78 is 46.5. The fraction of sp³-hybridized carbons (Fsp3) is 0.182. The van der Waals surface area contributed by atoms with Crippen LogP contribution in [0.1, 0.15) is 0 Å². The van der Waals surface area contributed by atoms with Crippen molar-refractivity contribution >= 4 is 30.6 Å². The molecule has 0 aliphatic carbocycles. The Morgan fingerprint density at radius 3 is 2.11 bits per heavy atom. The Bertz CT molecular complexity index is 753. The number of hydrogen-bond donors (Lipinski definition) is 0. The van der Waals surface area contributed by atoms with Crippen molar-refractivity contribution < 1.29 is 16.8 Å². The first-order valence-corrected chi connectivity index (χ1v) is 8.78. The summed E-state index contributed by atoms with van der Waals surface area (Å²) in [7, 11) is -7.35. The van der Waals surface area contributed by atoms with Crippen molar-refractivity contribution in [2.24, 2.45) is 0 Å². The highest BCUT2D eigenvalue weighted by molar-refractivity contribution is 7.93. The number of rotatable bonds is 2. The molecule has 0 fully saturated rings. The number of hydrogen-bond acceptors (Lipinski definition) is 5. The second-order valence-electron chi connectivity index (χ2n) is 4.03. The van der Waals surface area contributed by atoms with Gasteiger partial charge in [0, 0.05) is 17.9 Å². The lowest BCUT2D eigenvalue weighted by Gasteiger charge is -2.07. The molecule has 96 valence electrons. The van der Waals surface area contributed by atoms with Gasteiger partial charge in [0.2, 0.25) is 0 Å². The van der Waals surface area contributed by atoms with Gasteiger partial charge in [0.05, 0.1) is 5.52 Å². The van der Waals surface area contributed by atoms with Crippen molar-refractivity contribution in [1.29, 1.82) is 0 Å². The number of fused-ring (bicyclic) bond motifs is 1. The van der Waals surface area contributed by atoms with Gasteiger partial charge in [-0.25, -0.2) is 21.8 Å². The molecule has 18 heavy (non-hydrogen) atoms. The molecule has 0 spiro atoms. The Balaban J connectivity index is 2.99. The second kappa shape index (κ2) is 4.03. The SMILES string of the molecule is CS(=O)(=O)c1cc2ccccc2nc1S(C)(=O)=O. The Labute approximate surface area is 105 Å². The summed E-state index contributed by atoms with van der Waals surface area (Å²) in [5.74, 6) is 0. The van der Waals surface area contributed by atoms with Crippen LogP contribution in [0, 0.1) is 0 Å². The van der Waals surface area contributed by atoms with Gasteiger partial charge in [0.25, 0.3) is 0 Å². The third kappa shape index (κ3) is 2.37. The van der Waals surface area contributed by atoms with Gasteiger partial charge in [-0.1, -0.05) is 18.2 Å². The van der Waals surface area contributed by atoms with E-state index < -0.39 is 24.7 Å². The number of para-hydroxylation sites is 1. The van der Waals surface area contributed by atoms with Crippen molar-refractivity contribution in [1.82, 2.24) is 4.98 Å². The zero-order valence-corrected chi connectivity index (χ0v) is 11.4. The van der Waals surface area contributed by atoms with Crippen LogP contribution in [0.25, 0.3) is 10.9 Å². The number of sulfone groups is 2. The molecule has 2 rings (SSSR count). The van der Waals surface area contributed by atoms with Gasteiger partial charge in [-0.3, -0.25) is 0 Å². The third-order valence-electron chi connectivity index (χ3n) is 2.41. The van der Waals surface area contributed by atoms with Crippen LogP contribution < -0.4 is 0 Å². The summed E-state index contributed by atoms with van der Waals surface area (Å²) in [6.07, 6.45) is 1.91. The monoisotopic (exact) mass is 285 g/mol. The molecule has 0 radical (unpaired) electrons. The molecule has 0 unspecified atom stereocenters. The van der Waals surface area contributed by atoms with Crippen molar-refractivity contribution in [2.45, 2.75) is 9.92 Å². The van der Waals surface area contributed by atoms with Crippen LogP contribution in [-0.2, 0) is 19.7 Å². The van der Waals surface area contributed by atoms with Crippen LogP contribution in [0.5, 0.6) is 0 Å². The van der Waals surface area contributed by atoms with E-state index in [2.05, 4.69) is 4.98 Å². The molecule has 1 aromatic carbocycles. The van der Waals surface area contributed by atoms with Crippen LogP contribution in [0.4, 0.5) is 0 Å². The summed E-state index contributed by atoms with van der Waals surface area (Å²) in [6, 6.07) is 8.10. The summed E-state index contributed by atoms with van der Waals surface area (Å²) in [5.41, 5.74) is 0.449. The van der Waals surface area contributed by atoms with Crippen LogP contribution >= 0.6 is 0 Å². The number of aromatic nitrogens is 1. The highest BCUT2D eigenvalue weighted by Gasteiger charge is 2.23. The molecule has 1 heterocycles. The Morgan fingerprint density at radius 2 is 1.56 bits per heavy atom. The molecule has 0 N–H and O–H groups in total. The maximum absolute atomic E-state index is 11.6. The summed E-state index contributed by atoms with van der Waals surface area (Å²) in [4.78, 5) is 3.69. The van der Waals surface area contributed by atoms with E-state index in [9.17, 15) is 16.8 Å². The average molecular weight is 285 g/mol. The van der Waals surface area contributed by atoms with E-state index in [1.54, 1.807) is 24.3 Å².